The van der Waals surface area contributed by atoms with Crippen molar-refractivity contribution in [3.05, 3.63) is 68.2 Å². The summed E-state index contributed by atoms with van der Waals surface area (Å²) in [6.07, 6.45) is -5.99. The zero-order valence-corrected chi connectivity index (χ0v) is 15.6. The minimum absolute atomic E-state index is 0.367. The molecule has 7 nitrogen and oxygen atoms in total. The number of hydrogen-bond acceptors (Lipinski definition) is 5. The Morgan fingerprint density at radius 2 is 1.83 bits per heavy atom. The number of esters is 1. The molecule has 2 rings (SSSR count). The number of nitro benzene ring substituents is 1. The van der Waals surface area contributed by atoms with Crippen molar-refractivity contribution >= 4 is 34.9 Å². The van der Waals surface area contributed by atoms with Crippen molar-refractivity contribution in [2.75, 3.05) is 12.4 Å². The second-order valence-corrected chi connectivity index (χ2v) is 6.26. The molecule has 154 valence electrons. The van der Waals surface area contributed by atoms with Gasteiger partial charge in [0.1, 0.15) is 0 Å². The Labute approximate surface area is 167 Å². The summed E-state index contributed by atoms with van der Waals surface area (Å²) in [5, 5.41) is 14.2. The number of hydrogen-bond donors (Lipinski definition) is 1. The van der Waals surface area contributed by atoms with Crippen molar-refractivity contribution in [3.63, 3.8) is 0 Å². The van der Waals surface area contributed by atoms with Crippen LogP contribution in [0.3, 0.4) is 0 Å². The molecular weight excluding hydrogens is 417 g/mol. The van der Waals surface area contributed by atoms with Gasteiger partial charge >= 0.3 is 12.1 Å². The summed E-state index contributed by atoms with van der Waals surface area (Å²) in [6.45, 7) is 0. The summed E-state index contributed by atoms with van der Waals surface area (Å²) in [5.41, 5.74) is -3.22. The highest BCUT2D eigenvalue weighted by Gasteiger charge is 2.38. The van der Waals surface area contributed by atoms with Crippen LogP contribution in [0, 0.1) is 10.1 Å². The molecule has 29 heavy (non-hydrogen) atoms. The molecule has 0 saturated heterocycles. The first kappa shape index (κ1) is 22.2. The number of nitro groups is 1. The molecule has 0 fully saturated rings. The van der Waals surface area contributed by atoms with Crippen molar-refractivity contribution in [2.45, 2.75) is 19.0 Å². The van der Waals surface area contributed by atoms with E-state index >= 15 is 0 Å². The molecule has 0 unspecified atom stereocenters. The summed E-state index contributed by atoms with van der Waals surface area (Å²) < 4.78 is 44.7. The maximum Gasteiger partial charge on any atom is 0.416 e. The lowest BCUT2D eigenvalue weighted by Crippen LogP contribution is -2.17. The highest BCUT2D eigenvalue weighted by Crippen LogP contribution is 2.38. The Kier molecular flexibility index (Phi) is 6.80. The molecular formula is C18H14ClF3N2O5. The average molecular weight is 431 g/mol. The number of ether oxygens (including phenoxy) is 1. The summed E-state index contributed by atoms with van der Waals surface area (Å²) in [6, 6.07) is 7.19. The van der Waals surface area contributed by atoms with E-state index in [0.29, 0.717) is 22.8 Å². The Balaban J connectivity index is 2.34. The lowest BCUT2D eigenvalue weighted by atomic mass is 9.97. The second-order valence-electron chi connectivity index (χ2n) is 5.82. The third kappa shape index (κ3) is 5.67. The molecule has 0 saturated carbocycles. The summed E-state index contributed by atoms with van der Waals surface area (Å²) in [7, 11) is 0.941. The number of carbonyl (C=O) groups excluding carboxylic acids is 2. The van der Waals surface area contributed by atoms with Gasteiger partial charge in [-0.15, -0.1) is 0 Å². The minimum atomic E-state index is -4.98. The van der Waals surface area contributed by atoms with Crippen LogP contribution in [0.1, 0.15) is 27.9 Å². The minimum Gasteiger partial charge on any atom is -0.465 e. The van der Waals surface area contributed by atoms with Crippen LogP contribution in [0.25, 0.3) is 0 Å². The Hall–Kier alpha value is -3.14. The SMILES string of the molecule is COC(=O)c1cc([N+](=O)[O-])c(CCC(=O)Nc2ccc(Cl)cc2)c(C(F)(F)F)c1. The van der Waals surface area contributed by atoms with Gasteiger partial charge < -0.3 is 10.1 Å². The fraction of sp³-hybridized carbons (Fsp3) is 0.222. The van der Waals surface area contributed by atoms with Crippen molar-refractivity contribution in [2.24, 2.45) is 0 Å². The second kappa shape index (κ2) is 8.91. The number of amides is 1. The van der Waals surface area contributed by atoms with E-state index in [1.807, 2.05) is 0 Å². The van der Waals surface area contributed by atoms with Crippen LogP contribution >= 0.6 is 11.6 Å². The van der Waals surface area contributed by atoms with Gasteiger partial charge in [0.2, 0.25) is 5.91 Å². The van der Waals surface area contributed by atoms with E-state index in [1.54, 1.807) is 0 Å². The topological polar surface area (TPSA) is 98.5 Å². The molecule has 0 spiro atoms. The van der Waals surface area contributed by atoms with Gasteiger partial charge in [-0.1, -0.05) is 11.6 Å². The van der Waals surface area contributed by atoms with Gasteiger partial charge in [0.15, 0.2) is 0 Å². The smallest absolute Gasteiger partial charge is 0.416 e. The first-order chi connectivity index (χ1) is 13.5. The highest BCUT2D eigenvalue weighted by molar-refractivity contribution is 6.30. The molecule has 0 aliphatic carbocycles. The fourth-order valence-corrected chi connectivity index (χ4v) is 2.69. The van der Waals surface area contributed by atoms with Gasteiger partial charge in [0.25, 0.3) is 5.69 Å². The number of nitrogens with one attached hydrogen (secondary N) is 1. The zero-order chi connectivity index (χ0) is 21.8. The predicted molar refractivity (Wildman–Crippen MR) is 97.8 cm³/mol. The summed E-state index contributed by atoms with van der Waals surface area (Å²) >= 11 is 5.73. The Morgan fingerprint density at radius 1 is 1.21 bits per heavy atom. The van der Waals surface area contributed by atoms with E-state index in [1.165, 1.54) is 24.3 Å². The molecule has 1 N–H and O–H groups in total. The number of alkyl halides is 3. The van der Waals surface area contributed by atoms with E-state index in [9.17, 15) is 32.9 Å². The van der Waals surface area contributed by atoms with Crippen molar-refractivity contribution < 1.29 is 32.4 Å². The molecule has 0 radical (unpaired) electrons. The third-order valence-electron chi connectivity index (χ3n) is 3.88. The number of nitrogens with zero attached hydrogens (tertiary/aromatic N) is 1. The van der Waals surface area contributed by atoms with Gasteiger partial charge in [-0.25, -0.2) is 4.79 Å². The van der Waals surface area contributed by atoms with Gasteiger partial charge in [-0.3, -0.25) is 14.9 Å². The average Bonchev–Trinajstić information content (AvgIpc) is 2.66. The summed E-state index contributed by atoms with van der Waals surface area (Å²) in [4.78, 5) is 33.9. The first-order valence-electron chi connectivity index (χ1n) is 8.05. The maximum atomic E-state index is 13.5. The van der Waals surface area contributed by atoms with E-state index in [2.05, 4.69) is 10.1 Å². The predicted octanol–water partition coefficient (Wildman–Crippen LogP) is 4.62. The molecule has 0 bridgehead atoms. The zero-order valence-electron chi connectivity index (χ0n) is 14.9. The van der Waals surface area contributed by atoms with Crippen molar-refractivity contribution in [1.82, 2.24) is 0 Å². The molecule has 11 heteroatoms. The van der Waals surface area contributed by atoms with E-state index in [4.69, 9.17) is 11.6 Å². The lowest BCUT2D eigenvalue weighted by molar-refractivity contribution is -0.385. The van der Waals surface area contributed by atoms with Crippen LogP contribution < -0.4 is 5.32 Å². The number of halogens is 4. The quantitative estimate of drug-likeness (QED) is 0.409. The van der Waals surface area contributed by atoms with E-state index < -0.39 is 58.2 Å². The van der Waals surface area contributed by atoms with Crippen LogP contribution in [0.4, 0.5) is 24.5 Å². The molecule has 2 aromatic carbocycles. The van der Waals surface area contributed by atoms with Crippen LogP contribution in [-0.2, 0) is 22.1 Å². The van der Waals surface area contributed by atoms with Crippen molar-refractivity contribution in [1.29, 1.82) is 0 Å². The number of anilines is 1. The molecule has 0 atom stereocenters. The largest absolute Gasteiger partial charge is 0.465 e. The Bertz CT molecular complexity index is 946. The van der Waals surface area contributed by atoms with Crippen LogP contribution in [0.2, 0.25) is 5.02 Å². The van der Waals surface area contributed by atoms with E-state index in [0.717, 1.165) is 7.11 Å². The number of methoxy groups -OCH3 is 1. The van der Waals surface area contributed by atoms with Crippen LogP contribution in [-0.4, -0.2) is 23.9 Å². The molecule has 0 aliphatic rings. The first-order valence-corrected chi connectivity index (χ1v) is 8.43. The Morgan fingerprint density at radius 3 is 2.34 bits per heavy atom. The summed E-state index contributed by atoms with van der Waals surface area (Å²) in [5.74, 6) is -1.79. The fourth-order valence-electron chi connectivity index (χ4n) is 2.57. The van der Waals surface area contributed by atoms with Gasteiger partial charge in [-0.05, 0) is 36.8 Å². The molecule has 2 aromatic rings. The lowest BCUT2D eigenvalue weighted by Gasteiger charge is -2.15. The number of rotatable bonds is 6. The van der Waals surface area contributed by atoms with E-state index in [-0.39, 0.29) is 0 Å². The molecule has 0 aromatic heterocycles. The van der Waals surface area contributed by atoms with Gasteiger partial charge in [-0.2, -0.15) is 13.2 Å². The molecule has 0 aliphatic heterocycles. The highest BCUT2D eigenvalue weighted by atomic mass is 35.5. The monoisotopic (exact) mass is 430 g/mol. The molecule has 0 heterocycles. The number of carbonyl (C=O) groups is 2. The maximum absolute atomic E-state index is 13.5. The van der Waals surface area contributed by atoms with Gasteiger partial charge in [0, 0.05) is 28.8 Å². The molecule has 1 amide bonds. The standard InChI is InChI=1S/C18H14ClF3N2O5/c1-29-17(26)10-8-14(18(20,21)22)13(15(9-10)24(27)28)6-7-16(25)23-12-4-2-11(19)3-5-12/h2-5,8-9H,6-7H2,1H3,(H,23,25). The van der Waals surface area contributed by atoms with Gasteiger partial charge in [0.05, 0.1) is 23.2 Å². The number of benzene rings is 2. The third-order valence-corrected chi connectivity index (χ3v) is 4.13. The normalized spacial score (nSPS) is 11.1. The van der Waals surface area contributed by atoms with Crippen LogP contribution in [0.15, 0.2) is 36.4 Å². The van der Waals surface area contributed by atoms with Crippen LogP contribution in [0.5, 0.6) is 0 Å². The van der Waals surface area contributed by atoms with Crippen molar-refractivity contribution in [3.8, 4) is 0 Å².